The van der Waals surface area contributed by atoms with Crippen LogP contribution in [0.3, 0.4) is 0 Å². The van der Waals surface area contributed by atoms with E-state index in [0.717, 1.165) is 6.92 Å². The van der Waals surface area contributed by atoms with Crippen molar-refractivity contribution < 1.29 is 9.59 Å². The van der Waals surface area contributed by atoms with E-state index in [4.69, 9.17) is 58.0 Å². The van der Waals surface area contributed by atoms with Gasteiger partial charge in [0, 0.05) is 0 Å². The van der Waals surface area contributed by atoms with E-state index in [9.17, 15) is 9.59 Å². The highest BCUT2D eigenvalue weighted by Gasteiger charge is 2.50. The first-order valence-corrected chi connectivity index (χ1v) is 4.96. The van der Waals surface area contributed by atoms with Crippen LogP contribution in [0.2, 0.25) is 0 Å². The maximum atomic E-state index is 11.3. The Morgan fingerprint density at radius 2 is 1.69 bits per heavy atom. The molecular formula is C6H4Cl5O2. The molecule has 0 aliphatic heterocycles. The highest BCUT2D eigenvalue weighted by molar-refractivity contribution is 6.66. The lowest BCUT2D eigenvalue weighted by molar-refractivity contribution is -0.120. The maximum absolute atomic E-state index is 11.3. The Morgan fingerprint density at radius 1 is 1.31 bits per heavy atom. The molecule has 0 N–H and O–H groups in total. The van der Waals surface area contributed by atoms with E-state index in [1.54, 1.807) is 0 Å². The van der Waals surface area contributed by atoms with Crippen LogP contribution in [-0.2, 0) is 9.59 Å². The predicted octanol–water partition coefficient (Wildman–Crippen LogP) is 2.64. The average Bonchev–Trinajstić information content (AvgIpc) is 1.99. The number of carbonyl (C=O) groups is 1. The molecule has 0 aliphatic rings. The zero-order valence-corrected chi connectivity index (χ0v) is 10.1. The van der Waals surface area contributed by atoms with Gasteiger partial charge < -0.3 is 0 Å². The molecule has 1 unspecified atom stereocenters. The van der Waals surface area contributed by atoms with Crippen molar-refractivity contribution in [2.45, 2.75) is 21.0 Å². The van der Waals surface area contributed by atoms with E-state index in [1.165, 1.54) is 6.29 Å². The third kappa shape index (κ3) is 3.14. The number of alkyl halides is 5. The van der Waals surface area contributed by atoms with E-state index in [2.05, 4.69) is 0 Å². The summed E-state index contributed by atoms with van der Waals surface area (Å²) in [5, 5.41) is 0. The summed E-state index contributed by atoms with van der Waals surface area (Å²) >= 11 is 27.0. The topological polar surface area (TPSA) is 34.1 Å². The Morgan fingerprint density at radius 3 is 1.77 bits per heavy atom. The first-order chi connectivity index (χ1) is 5.66. The molecule has 0 heterocycles. The van der Waals surface area contributed by atoms with E-state index in [0.29, 0.717) is 0 Å². The number of Topliss-reactive ketones (excluding diaryl/α,β-unsaturated/α-hetero) is 1. The van der Waals surface area contributed by atoms with E-state index >= 15 is 0 Å². The van der Waals surface area contributed by atoms with Crippen LogP contribution in [-0.4, -0.2) is 26.1 Å². The first kappa shape index (κ1) is 13.8. The Balaban J connectivity index is 5.01. The Hall–Kier alpha value is 0.790. The summed E-state index contributed by atoms with van der Waals surface area (Å²) < 4.78 is -1.83. The molecule has 0 rings (SSSR count). The molecule has 0 aromatic heterocycles. The Kier molecular flexibility index (Phi) is 4.82. The van der Waals surface area contributed by atoms with Crippen LogP contribution in [0.5, 0.6) is 0 Å². The number of hydrogen-bond donors (Lipinski definition) is 0. The summed E-state index contributed by atoms with van der Waals surface area (Å²) in [4.78, 5) is 18.0. The standard InChI is InChI=1S/C6H4Cl5O2/c1-5(9,10)3(13)6(11,2-12)4(7)8/h4H,1H3. The smallest absolute Gasteiger partial charge is 0.232 e. The molecule has 7 heteroatoms. The van der Waals surface area contributed by atoms with Gasteiger partial charge in [-0.3, -0.25) is 9.59 Å². The highest BCUT2D eigenvalue weighted by Crippen LogP contribution is 2.35. The van der Waals surface area contributed by atoms with Crippen molar-refractivity contribution >= 4 is 70.1 Å². The van der Waals surface area contributed by atoms with E-state index < -0.39 is 19.8 Å². The molecular weight excluding hydrogens is 281 g/mol. The molecule has 0 aromatic rings. The summed E-state index contributed by atoms with van der Waals surface area (Å²) in [5.74, 6) is -1.00. The maximum Gasteiger partial charge on any atom is 0.232 e. The molecule has 0 amide bonds. The molecule has 0 aromatic carbocycles. The second kappa shape index (κ2) is 4.54. The molecule has 0 spiro atoms. The predicted molar refractivity (Wildman–Crippen MR) is 54.9 cm³/mol. The third-order valence-electron chi connectivity index (χ3n) is 1.18. The van der Waals surface area contributed by atoms with Crippen LogP contribution < -0.4 is 0 Å². The van der Waals surface area contributed by atoms with Crippen LogP contribution in [0.1, 0.15) is 6.92 Å². The summed E-state index contributed by atoms with van der Waals surface area (Å²) in [5.41, 5.74) is 0. The van der Waals surface area contributed by atoms with E-state index in [-0.39, 0.29) is 0 Å². The fourth-order valence-corrected chi connectivity index (χ4v) is 1.38. The van der Waals surface area contributed by atoms with Gasteiger partial charge in [0.15, 0.2) is 10.1 Å². The van der Waals surface area contributed by atoms with Crippen LogP contribution in [0.4, 0.5) is 0 Å². The van der Waals surface area contributed by atoms with Gasteiger partial charge in [0.2, 0.25) is 11.2 Å². The lowest BCUT2D eigenvalue weighted by atomic mass is 10.0. The summed E-state index contributed by atoms with van der Waals surface area (Å²) in [6.07, 6.45) is 1.22. The molecule has 75 valence electrons. The van der Waals surface area contributed by atoms with Crippen molar-refractivity contribution in [1.82, 2.24) is 0 Å². The van der Waals surface area contributed by atoms with Crippen molar-refractivity contribution in [1.29, 1.82) is 0 Å². The van der Waals surface area contributed by atoms with Crippen LogP contribution in [0, 0.1) is 0 Å². The van der Waals surface area contributed by atoms with Gasteiger partial charge in [-0.15, -0.1) is 23.2 Å². The van der Waals surface area contributed by atoms with Crippen LogP contribution in [0.25, 0.3) is 0 Å². The zero-order valence-electron chi connectivity index (χ0n) is 6.28. The molecule has 1 radical (unpaired) electrons. The van der Waals surface area contributed by atoms with Gasteiger partial charge in [0.25, 0.3) is 0 Å². The third-order valence-corrected chi connectivity index (χ3v) is 2.87. The summed E-state index contributed by atoms with van der Waals surface area (Å²) in [6, 6.07) is 0. The minimum atomic E-state index is -2.22. The lowest BCUT2D eigenvalue weighted by Gasteiger charge is -2.24. The molecule has 0 bridgehead atoms. The number of carbonyl (C=O) groups excluding carboxylic acids is 2. The molecule has 2 nitrogen and oxygen atoms in total. The fourth-order valence-electron chi connectivity index (χ4n) is 0.509. The van der Waals surface area contributed by atoms with Gasteiger partial charge >= 0.3 is 0 Å². The van der Waals surface area contributed by atoms with Gasteiger partial charge in [0.1, 0.15) is 4.84 Å². The molecule has 0 saturated carbocycles. The second-order valence-electron chi connectivity index (χ2n) is 2.33. The van der Waals surface area contributed by atoms with Gasteiger partial charge in [-0.2, -0.15) is 0 Å². The molecule has 13 heavy (non-hydrogen) atoms. The second-order valence-corrected chi connectivity index (χ2v) is 5.73. The van der Waals surface area contributed by atoms with Crippen molar-refractivity contribution in [3.63, 3.8) is 0 Å². The van der Waals surface area contributed by atoms with Crippen LogP contribution >= 0.6 is 58.0 Å². The van der Waals surface area contributed by atoms with Crippen molar-refractivity contribution in [2.75, 3.05) is 0 Å². The van der Waals surface area contributed by atoms with Crippen molar-refractivity contribution in [3.8, 4) is 0 Å². The molecule has 0 saturated heterocycles. The normalized spacial score (nSPS) is 16.8. The molecule has 1 atom stereocenters. The monoisotopic (exact) mass is 283 g/mol. The van der Waals surface area contributed by atoms with E-state index in [1.807, 2.05) is 0 Å². The Labute approximate surface area is 100 Å². The Bertz CT molecular complexity index is 222. The van der Waals surface area contributed by atoms with Crippen molar-refractivity contribution in [3.05, 3.63) is 0 Å². The summed E-state index contributed by atoms with van der Waals surface area (Å²) in [6.45, 7) is 1.16. The van der Waals surface area contributed by atoms with Crippen LogP contribution in [0.15, 0.2) is 0 Å². The number of hydrogen-bond acceptors (Lipinski definition) is 2. The lowest BCUT2D eigenvalue weighted by Crippen LogP contribution is -2.47. The van der Waals surface area contributed by atoms with Gasteiger partial charge in [-0.25, -0.2) is 0 Å². The number of rotatable bonds is 4. The molecule has 0 aliphatic carbocycles. The quantitative estimate of drug-likeness (QED) is 0.588. The summed E-state index contributed by atoms with van der Waals surface area (Å²) in [7, 11) is 0. The van der Waals surface area contributed by atoms with Gasteiger partial charge in [-0.05, 0) is 6.92 Å². The fraction of sp³-hybridized carbons (Fsp3) is 0.667. The molecule has 0 fully saturated rings. The minimum absolute atomic E-state index is 1.00. The SMILES string of the molecule is CC(Cl)(Cl)C(=O)C(Cl)([C]=O)C(Cl)Cl. The first-order valence-electron chi connectivity index (χ1n) is 2.95. The van der Waals surface area contributed by atoms with Crippen molar-refractivity contribution in [2.24, 2.45) is 0 Å². The number of ketones is 1. The average molecular weight is 285 g/mol. The highest BCUT2D eigenvalue weighted by atomic mass is 35.5. The van der Waals surface area contributed by atoms with Gasteiger partial charge in [-0.1, -0.05) is 34.8 Å². The number of halogens is 5. The minimum Gasteiger partial charge on any atom is -0.294 e. The largest absolute Gasteiger partial charge is 0.294 e. The zero-order chi connectivity index (χ0) is 10.9. The van der Waals surface area contributed by atoms with Gasteiger partial charge in [0.05, 0.1) is 0 Å².